The molecule has 4 aromatic rings. The van der Waals surface area contributed by atoms with Gasteiger partial charge in [-0.3, -0.25) is 4.98 Å². The molecule has 1 fully saturated rings. The van der Waals surface area contributed by atoms with Crippen molar-refractivity contribution in [2.75, 3.05) is 23.7 Å². The zero-order chi connectivity index (χ0) is 26.7. The molecule has 1 atom stereocenters. The molecule has 1 saturated heterocycles. The van der Waals surface area contributed by atoms with Crippen LogP contribution >= 0.6 is 15.9 Å². The molecule has 4 heterocycles. The van der Waals surface area contributed by atoms with Crippen LogP contribution in [-0.2, 0) is 11.3 Å². The van der Waals surface area contributed by atoms with Crippen LogP contribution in [0.3, 0.4) is 0 Å². The van der Waals surface area contributed by atoms with Gasteiger partial charge < -0.3 is 20.3 Å². The summed E-state index contributed by atoms with van der Waals surface area (Å²) in [5.74, 6) is 1.02. The van der Waals surface area contributed by atoms with E-state index in [1.54, 1.807) is 21.8 Å². The minimum atomic E-state index is -0.528. The molecule has 2 N–H and O–H groups in total. The Balaban J connectivity index is 1.28. The lowest BCUT2D eigenvalue weighted by atomic mass is 10.1. The number of hydrogen-bond acceptors (Lipinski definition) is 8. The van der Waals surface area contributed by atoms with Crippen LogP contribution in [0.15, 0.2) is 59.3 Å². The number of nitrogens with zero attached hydrogens (tertiary/aromatic N) is 6. The van der Waals surface area contributed by atoms with Crippen molar-refractivity contribution in [2.24, 2.45) is 0 Å². The molecular weight excluding hydrogens is 548 g/mol. The largest absolute Gasteiger partial charge is 0.444 e. The van der Waals surface area contributed by atoms with Crippen molar-refractivity contribution in [1.29, 1.82) is 0 Å². The Hall–Kier alpha value is -3.73. The molecule has 1 aliphatic rings. The predicted octanol–water partition coefficient (Wildman–Crippen LogP) is 5.37. The van der Waals surface area contributed by atoms with Gasteiger partial charge in [-0.2, -0.15) is 19.6 Å². The van der Waals surface area contributed by atoms with E-state index in [-0.39, 0.29) is 12.1 Å². The maximum atomic E-state index is 12.7. The summed E-state index contributed by atoms with van der Waals surface area (Å²) in [6.45, 7) is 7.40. The number of hydrogen-bond donors (Lipinski definition) is 2. The molecule has 3 aromatic heterocycles. The number of benzene rings is 1. The number of likely N-dealkylation sites (tertiary alicyclic amines) is 1. The van der Waals surface area contributed by atoms with E-state index in [4.69, 9.17) is 4.74 Å². The highest BCUT2D eigenvalue weighted by molar-refractivity contribution is 9.10. The number of carbonyl (C=O) groups is 1. The molecule has 0 radical (unpaired) electrons. The smallest absolute Gasteiger partial charge is 0.410 e. The summed E-state index contributed by atoms with van der Waals surface area (Å²) in [5, 5.41) is 11.1. The molecule has 5 rings (SSSR count). The standard InChI is InChI=1S/C27H31BrN8O2/c1-27(2,3)38-26(37)35-14-6-7-20(35)16-30-24-33-23-21(28)17-32-36(23)25(34-24)31-15-18-9-11-19(12-10-18)22-8-4-5-13-29-22/h4-5,8-13,17,20H,6-7,14-16H2,1-3H3,(H2,30,31,33,34). The SMILES string of the molecule is CC(C)(C)OC(=O)N1CCCC1CNc1nc(NCc2ccc(-c3ccccn3)cc2)n2ncc(Br)c2n1. The van der Waals surface area contributed by atoms with E-state index in [0.29, 0.717) is 37.2 Å². The van der Waals surface area contributed by atoms with Crippen LogP contribution in [0.4, 0.5) is 16.7 Å². The van der Waals surface area contributed by atoms with Gasteiger partial charge in [0.25, 0.3) is 0 Å². The Bertz CT molecular complexity index is 1400. The Morgan fingerprint density at radius 3 is 2.68 bits per heavy atom. The average molecular weight is 580 g/mol. The van der Waals surface area contributed by atoms with Crippen LogP contribution in [-0.4, -0.2) is 60.3 Å². The molecule has 0 aliphatic carbocycles. The first-order valence-electron chi connectivity index (χ1n) is 12.7. The summed E-state index contributed by atoms with van der Waals surface area (Å²) >= 11 is 3.53. The highest BCUT2D eigenvalue weighted by atomic mass is 79.9. The molecule has 0 bridgehead atoms. The number of fused-ring (bicyclic) bond motifs is 1. The third kappa shape index (κ3) is 6.04. The molecule has 1 aliphatic heterocycles. The zero-order valence-corrected chi connectivity index (χ0v) is 23.3. The number of halogens is 1. The van der Waals surface area contributed by atoms with Gasteiger partial charge >= 0.3 is 6.09 Å². The highest BCUT2D eigenvalue weighted by Gasteiger charge is 2.32. The fourth-order valence-corrected chi connectivity index (χ4v) is 4.72. The van der Waals surface area contributed by atoms with Gasteiger partial charge in [-0.1, -0.05) is 30.3 Å². The lowest BCUT2D eigenvalue weighted by Gasteiger charge is -2.28. The number of ether oxygens (including phenoxy) is 1. The van der Waals surface area contributed by atoms with Gasteiger partial charge in [0.05, 0.1) is 22.4 Å². The van der Waals surface area contributed by atoms with E-state index in [1.807, 2.05) is 39.0 Å². The fraction of sp³-hybridized carbons (Fsp3) is 0.370. The molecule has 1 amide bonds. The van der Waals surface area contributed by atoms with Crippen LogP contribution in [0.5, 0.6) is 0 Å². The van der Waals surface area contributed by atoms with Gasteiger partial charge in [0.15, 0.2) is 5.65 Å². The van der Waals surface area contributed by atoms with Crippen molar-refractivity contribution >= 4 is 39.6 Å². The number of pyridine rings is 1. The summed E-state index contributed by atoms with van der Waals surface area (Å²) in [5.41, 5.74) is 3.21. The second-order valence-corrected chi connectivity index (χ2v) is 11.1. The van der Waals surface area contributed by atoms with E-state index in [9.17, 15) is 4.79 Å². The van der Waals surface area contributed by atoms with Crippen LogP contribution in [0.25, 0.3) is 16.9 Å². The van der Waals surface area contributed by atoms with Crippen LogP contribution in [0, 0.1) is 0 Å². The molecule has 10 nitrogen and oxygen atoms in total. The van der Waals surface area contributed by atoms with Crippen molar-refractivity contribution in [1.82, 2.24) is 29.5 Å². The van der Waals surface area contributed by atoms with Gasteiger partial charge in [-0.15, -0.1) is 0 Å². The normalized spacial score (nSPS) is 15.6. The van der Waals surface area contributed by atoms with Crippen molar-refractivity contribution in [3.8, 4) is 11.3 Å². The van der Waals surface area contributed by atoms with E-state index in [2.05, 4.69) is 70.9 Å². The van der Waals surface area contributed by atoms with Crippen molar-refractivity contribution in [2.45, 2.75) is 51.8 Å². The molecule has 0 spiro atoms. The highest BCUT2D eigenvalue weighted by Crippen LogP contribution is 2.24. The summed E-state index contributed by atoms with van der Waals surface area (Å²) in [4.78, 5) is 28.2. The minimum absolute atomic E-state index is 0.00653. The van der Waals surface area contributed by atoms with Gasteiger partial charge in [-0.05, 0) is 67.2 Å². The van der Waals surface area contributed by atoms with Gasteiger partial charge in [-0.25, -0.2) is 4.79 Å². The number of rotatable bonds is 7. The number of nitrogens with one attached hydrogen (secondary N) is 2. The maximum Gasteiger partial charge on any atom is 0.410 e. The summed E-state index contributed by atoms with van der Waals surface area (Å²) in [6, 6.07) is 14.1. The second-order valence-electron chi connectivity index (χ2n) is 10.2. The fourth-order valence-electron chi connectivity index (χ4n) is 4.37. The first kappa shape index (κ1) is 25.9. The van der Waals surface area contributed by atoms with E-state index in [1.165, 1.54) is 0 Å². The van der Waals surface area contributed by atoms with E-state index >= 15 is 0 Å². The lowest BCUT2D eigenvalue weighted by molar-refractivity contribution is 0.0235. The maximum absolute atomic E-state index is 12.7. The van der Waals surface area contributed by atoms with Crippen LogP contribution in [0.1, 0.15) is 39.2 Å². The Labute approximate surface area is 230 Å². The third-order valence-corrected chi connectivity index (χ3v) is 6.75. The monoisotopic (exact) mass is 578 g/mol. The van der Waals surface area contributed by atoms with Crippen LogP contribution in [0.2, 0.25) is 0 Å². The predicted molar refractivity (Wildman–Crippen MR) is 150 cm³/mol. The minimum Gasteiger partial charge on any atom is -0.444 e. The molecule has 11 heteroatoms. The molecule has 0 saturated carbocycles. The summed E-state index contributed by atoms with van der Waals surface area (Å²) in [7, 11) is 0. The Morgan fingerprint density at radius 1 is 1.13 bits per heavy atom. The lowest BCUT2D eigenvalue weighted by Crippen LogP contribution is -2.42. The number of amides is 1. The van der Waals surface area contributed by atoms with E-state index < -0.39 is 5.60 Å². The zero-order valence-electron chi connectivity index (χ0n) is 21.7. The van der Waals surface area contributed by atoms with Gasteiger partial charge in [0, 0.05) is 31.4 Å². The molecule has 38 heavy (non-hydrogen) atoms. The summed E-state index contributed by atoms with van der Waals surface area (Å²) in [6.07, 6.45) is 5.03. The van der Waals surface area contributed by atoms with Crippen molar-refractivity contribution in [3.05, 3.63) is 64.9 Å². The first-order valence-corrected chi connectivity index (χ1v) is 13.4. The number of aromatic nitrogens is 5. The molecular formula is C27H31BrN8O2. The topological polar surface area (TPSA) is 110 Å². The molecule has 198 valence electrons. The van der Waals surface area contributed by atoms with Crippen molar-refractivity contribution < 1.29 is 9.53 Å². The number of carbonyl (C=O) groups excluding carboxylic acids is 1. The number of anilines is 2. The summed E-state index contributed by atoms with van der Waals surface area (Å²) < 4.78 is 8.02. The average Bonchev–Trinajstić information content (AvgIpc) is 3.53. The van der Waals surface area contributed by atoms with E-state index in [0.717, 1.165) is 34.1 Å². The Kier molecular flexibility index (Phi) is 7.46. The van der Waals surface area contributed by atoms with Gasteiger partial charge in [0.2, 0.25) is 11.9 Å². The quantitative estimate of drug-likeness (QED) is 0.301. The third-order valence-electron chi connectivity index (χ3n) is 6.19. The molecule has 1 unspecified atom stereocenters. The van der Waals surface area contributed by atoms with Crippen LogP contribution < -0.4 is 10.6 Å². The second kappa shape index (κ2) is 10.9. The Morgan fingerprint density at radius 2 is 1.95 bits per heavy atom. The first-order chi connectivity index (χ1) is 18.3. The molecule has 1 aromatic carbocycles. The van der Waals surface area contributed by atoms with Crippen molar-refractivity contribution in [3.63, 3.8) is 0 Å². The van der Waals surface area contributed by atoms with Gasteiger partial charge in [0.1, 0.15) is 5.60 Å².